The Morgan fingerprint density at radius 3 is 2.13 bits per heavy atom. The normalized spacial score (nSPS) is 12.1. The van der Waals surface area contributed by atoms with E-state index in [0.29, 0.717) is 39.0 Å². The Morgan fingerprint density at radius 1 is 1.10 bits per heavy atom. The predicted octanol–water partition coefficient (Wildman–Crippen LogP) is 3.05. The Morgan fingerprint density at radius 2 is 1.68 bits per heavy atom. The maximum atomic E-state index is 14.2. The smallest absolute Gasteiger partial charge is 0.256 e. The van der Waals surface area contributed by atoms with Gasteiger partial charge in [-0.3, -0.25) is 14.9 Å². The summed E-state index contributed by atoms with van der Waals surface area (Å²) in [6.07, 6.45) is 3.48. The maximum Gasteiger partial charge on any atom is 0.256 e. The van der Waals surface area contributed by atoms with E-state index in [1.165, 1.54) is 0 Å². The van der Waals surface area contributed by atoms with Gasteiger partial charge in [0.15, 0.2) is 0 Å². The van der Waals surface area contributed by atoms with Crippen molar-refractivity contribution in [1.29, 1.82) is 0 Å². The molecule has 0 bridgehead atoms. The molecule has 2 amide bonds. The van der Waals surface area contributed by atoms with E-state index in [4.69, 9.17) is 4.74 Å². The van der Waals surface area contributed by atoms with E-state index in [-0.39, 0.29) is 11.9 Å². The highest BCUT2D eigenvalue weighted by Gasteiger charge is 2.44. The van der Waals surface area contributed by atoms with Crippen molar-refractivity contribution in [3.05, 3.63) is 84.6 Å². The van der Waals surface area contributed by atoms with Crippen LogP contribution in [0.15, 0.2) is 73.4 Å². The molecule has 1 unspecified atom stereocenters. The SMILES string of the molecule is C=CN(C(=O)C(NC)(c1ccccc1)c1ccccc1)C(CCNC=O)CCOCC. The molecule has 166 valence electrons. The average molecular weight is 424 g/mol. The summed E-state index contributed by atoms with van der Waals surface area (Å²) in [6.45, 7) is 7.47. The Hall–Kier alpha value is -2.96. The zero-order valence-corrected chi connectivity index (χ0v) is 18.4. The minimum atomic E-state index is -1.08. The number of hydrogen-bond acceptors (Lipinski definition) is 4. The molecule has 6 nitrogen and oxygen atoms in total. The molecular formula is C25H33N3O3. The molecule has 0 aromatic heterocycles. The van der Waals surface area contributed by atoms with Crippen molar-refractivity contribution in [3.8, 4) is 0 Å². The molecule has 1 atom stereocenters. The maximum absolute atomic E-state index is 14.2. The molecule has 0 aliphatic rings. The highest BCUT2D eigenvalue weighted by atomic mass is 16.5. The number of carbonyl (C=O) groups is 2. The topological polar surface area (TPSA) is 70.7 Å². The fourth-order valence-electron chi connectivity index (χ4n) is 3.87. The van der Waals surface area contributed by atoms with E-state index in [1.54, 1.807) is 18.1 Å². The molecule has 2 rings (SSSR count). The van der Waals surface area contributed by atoms with E-state index < -0.39 is 5.54 Å². The first-order chi connectivity index (χ1) is 15.1. The van der Waals surface area contributed by atoms with Crippen LogP contribution in [0, 0.1) is 0 Å². The van der Waals surface area contributed by atoms with Gasteiger partial charge in [-0.15, -0.1) is 0 Å². The quantitative estimate of drug-likeness (QED) is 0.362. The molecule has 0 radical (unpaired) electrons. The Labute approximate surface area is 185 Å². The van der Waals surface area contributed by atoms with Crippen LogP contribution in [0.3, 0.4) is 0 Å². The van der Waals surface area contributed by atoms with Gasteiger partial charge in [0.05, 0.1) is 0 Å². The van der Waals surface area contributed by atoms with Crippen molar-refractivity contribution in [2.24, 2.45) is 0 Å². The molecule has 0 saturated heterocycles. The van der Waals surface area contributed by atoms with Crippen molar-refractivity contribution in [2.45, 2.75) is 31.3 Å². The summed E-state index contributed by atoms with van der Waals surface area (Å²) in [7, 11) is 1.79. The van der Waals surface area contributed by atoms with Gasteiger partial charge in [0.1, 0.15) is 5.54 Å². The Balaban J connectivity index is 2.50. The van der Waals surface area contributed by atoms with E-state index in [1.807, 2.05) is 67.6 Å². The van der Waals surface area contributed by atoms with Crippen molar-refractivity contribution < 1.29 is 14.3 Å². The molecule has 0 heterocycles. The summed E-state index contributed by atoms with van der Waals surface area (Å²) in [6, 6.07) is 19.2. The number of carbonyl (C=O) groups excluding carboxylic acids is 2. The number of benzene rings is 2. The Bertz CT molecular complexity index is 772. The second-order valence-electron chi connectivity index (χ2n) is 7.13. The highest BCUT2D eigenvalue weighted by molar-refractivity contribution is 5.92. The van der Waals surface area contributed by atoms with Crippen molar-refractivity contribution in [2.75, 3.05) is 26.8 Å². The summed E-state index contributed by atoms with van der Waals surface area (Å²) < 4.78 is 5.55. The molecule has 2 N–H and O–H groups in total. The van der Waals surface area contributed by atoms with E-state index in [2.05, 4.69) is 17.2 Å². The van der Waals surface area contributed by atoms with Gasteiger partial charge in [-0.1, -0.05) is 67.2 Å². The lowest BCUT2D eigenvalue weighted by molar-refractivity contribution is -0.136. The molecule has 0 saturated carbocycles. The van der Waals surface area contributed by atoms with Crippen molar-refractivity contribution in [1.82, 2.24) is 15.5 Å². The van der Waals surface area contributed by atoms with Crippen LogP contribution in [-0.4, -0.2) is 50.1 Å². The first-order valence-electron chi connectivity index (χ1n) is 10.7. The average Bonchev–Trinajstić information content (AvgIpc) is 2.82. The number of rotatable bonds is 14. The predicted molar refractivity (Wildman–Crippen MR) is 123 cm³/mol. The monoisotopic (exact) mass is 423 g/mol. The van der Waals surface area contributed by atoms with Gasteiger partial charge < -0.3 is 15.0 Å². The number of likely N-dealkylation sites (N-methyl/N-ethyl adjacent to an activating group) is 1. The van der Waals surface area contributed by atoms with Crippen LogP contribution in [0.2, 0.25) is 0 Å². The summed E-state index contributed by atoms with van der Waals surface area (Å²) >= 11 is 0. The molecule has 0 fully saturated rings. The van der Waals surface area contributed by atoms with Gasteiger partial charge in [0.25, 0.3) is 5.91 Å². The second-order valence-corrected chi connectivity index (χ2v) is 7.13. The van der Waals surface area contributed by atoms with E-state index in [0.717, 1.165) is 11.1 Å². The fourth-order valence-corrected chi connectivity index (χ4v) is 3.87. The zero-order chi connectivity index (χ0) is 22.5. The summed E-state index contributed by atoms with van der Waals surface area (Å²) in [5.41, 5.74) is 0.601. The van der Waals surface area contributed by atoms with Gasteiger partial charge >= 0.3 is 0 Å². The van der Waals surface area contributed by atoms with Crippen LogP contribution in [0.4, 0.5) is 0 Å². The second kappa shape index (κ2) is 12.7. The molecule has 2 aromatic carbocycles. The fraction of sp³-hybridized carbons (Fsp3) is 0.360. The van der Waals surface area contributed by atoms with Gasteiger partial charge in [-0.25, -0.2) is 0 Å². The standard InChI is InChI=1S/C25H33N3O3/c1-4-28(23(16-18-27-20-29)17-19-31-5-2)24(30)25(26-3,21-12-8-6-9-13-21)22-14-10-7-11-15-22/h4,6-15,20,23,26H,1,5,16-19H2,2-3H3,(H,27,29). The molecule has 31 heavy (non-hydrogen) atoms. The van der Waals surface area contributed by atoms with E-state index in [9.17, 15) is 9.59 Å². The largest absolute Gasteiger partial charge is 0.382 e. The van der Waals surface area contributed by atoms with Gasteiger partial charge in [0, 0.05) is 25.8 Å². The lowest BCUT2D eigenvalue weighted by Crippen LogP contribution is -2.56. The van der Waals surface area contributed by atoms with Crippen LogP contribution in [0.5, 0.6) is 0 Å². The number of ether oxygens (including phenoxy) is 1. The minimum absolute atomic E-state index is 0.130. The molecule has 2 aromatic rings. The summed E-state index contributed by atoms with van der Waals surface area (Å²) in [4.78, 5) is 26.6. The number of nitrogens with one attached hydrogen (secondary N) is 2. The third-order valence-corrected chi connectivity index (χ3v) is 5.44. The lowest BCUT2D eigenvalue weighted by atomic mass is 9.81. The number of amides is 2. The third kappa shape index (κ3) is 5.81. The van der Waals surface area contributed by atoms with Crippen LogP contribution >= 0.6 is 0 Å². The molecular weight excluding hydrogens is 390 g/mol. The third-order valence-electron chi connectivity index (χ3n) is 5.44. The summed E-state index contributed by atoms with van der Waals surface area (Å²) in [5, 5.41) is 6.00. The molecule has 0 aliphatic carbocycles. The molecule has 6 heteroatoms. The molecule has 0 aliphatic heterocycles. The number of hydrogen-bond donors (Lipinski definition) is 2. The highest BCUT2D eigenvalue weighted by Crippen LogP contribution is 2.33. The van der Waals surface area contributed by atoms with Crippen LogP contribution in [-0.2, 0) is 19.9 Å². The van der Waals surface area contributed by atoms with Gasteiger partial charge in [-0.05, 0) is 44.1 Å². The number of nitrogens with zero attached hydrogens (tertiary/aromatic N) is 1. The van der Waals surface area contributed by atoms with Crippen molar-refractivity contribution in [3.63, 3.8) is 0 Å². The van der Waals surface area contributed by atoms with E-state index >= 15 is 0 Å². The Kier molecular flexibility index (Phi) is 9.94. The van der Waals surface area contributed by atoms with Gasteiger partial charge in [0.2, 0.25) is 6.41 Å². The van der Waals surface area contributed by atoms with Gasteiger partial charge in [-0.2, -0.15) is 0 Å². The van der Waals surface area contributed by atoms with Crippen molar-refractivity contribution >= 4 is 12.3 Å². The zero-order valence-electron chi connectivity index (χ0n) is 18.4. The van der Waals surface area contributed by atoms with Crippen LogP contribution in [0.1, 0.15) is 30.9 Å². The lowest BCUT2D eigenvalue weighted by Gasteiger charge is -2.40. The summed E-state index contributed by atoms with van der Waals surface area (Å²) in [5.74, 6) is -0.130. The molecule has 0 spiro atoms. The first kappa shape index (κ1) is 24.3. The minimum Gasteiger partial charge on any atom is -0.382 e. The van der Waals surface area contributed by atoms with Crippen LogP contribution < -0.4 is 10.6 Å². The first-order valence-corrected chi connectivity index (χ1v) is 10.7. The van der Waals surface area contributed by atoms with Crippen LogP contribution in [0.25, 0.3) is 0 Å².